The standard InChI is InChI=1S/C28H38N2O2/c1-19-6-8-20(9-7-19)12-16-29-26(32)30-18-22-23-5-4-13-27(23,2)14-11-24(22)28(3)15-10-21(31)17-25(28)30/h6-9,17,22-24H,4-5,10-16,18H2,1-3H3,(H,29,32)/t22-,23-,24-,27-,28+/m0/s1. The summed E-state index contributed by atoms with van der Waals surface area (Å²) in [6.07, 6.45) is 10.6. The lowest BCUT2D eigenvalue weighted by atomic mass is 9.50. The van der Waals surface area contributed by atoms with Gasteiger partial charge in [0, 0.05) is 36.7 Å². The van der Waals surface area contributed by atoms with Crippen molar-refractivity contribution < 1.29 is 9.59 Å². The first-order valence-corrected chi connectivity index (χ1v) is 12.7. The average Bonchev–Trinajstić information content (AvgIpc) is 3.17. The number of ketones is 1. The minimum atomic E-state index is -0.0605. The van der Waals surface area contributed by atoms with E-state index in [1.54, 1.807) is 0 Å². The van der Waals surface area contributed by atoms with Gasteiger partial charge in [0.25, 0.3) is 0 Å². The van der Waals surface area contributed by atoms with E-state index in [1.807, 2.05) is 11.0 Å². The molecule has 2 amide bonds. The molecular formula is C28H38N2O2. The van der Waals surface area contributed by atoms with Gasteiger partial charge in [-0.15, -0.1) is 0 Å². The number of hydrogen-bond donors (Lipinski definition) is 1. The molecule has 0 bridgehead atoms. The van der Waals surface area contributed by atoms with Gasteiger partial charge in [-0.25, -0.2) is 4.79 Å². The Morgan fingerprint density at radius 1 is 1.09 bits per heavy atom. The first kappa shape index (κ1) is 21.7. The quantitative estimate of drug-likeness (QED) is 0.668. The van der Waals surface area contributed by atoms with Gasteiger partial charge in [0.15, 0.2) is 5.78 Å². The van der Waals surface area contributed by atoms with Crippen LogP contribution < -0.4 is 5.32 Å². The molecule has 172 valence electrons. The van der Waals surface area contributed by atoms with Crippen LogP contribution in [-0.2, 0) is 11.2 Å². The SMILES string of the molecule is Cc1ccc(CCNC(=O)N2C[C@H]3[C@@H]4CCC[C@@]4(C)CC[C@@H]3[C@@]3(C)CCC(=O)C=C23)cc1. The highest BCUT2D eigenvalue weighted by Crippen LogP contribution is 2.63. The maximum atomic E-state index is 13.5. The molecule has 1 heterocycles. The number of aryl methyl sites for hydroxylation is 1. The first-order chi connectivity index (χ1) is 15.3. The van der Waals surface area contributed by atoms with E-state index in [0.717, 1.165) is 25.1 Å². The van der Waals surface area contributed by atoms with Crippen molar-refractivity contribution >= 4 is 11.8 Å². The lowest BCUT2D eigenvalue weighted by Crippen LogP contribution is -2.59. The van der Waals surface area contributed by atoms with Crippen molar-refractivity contribution in [3.8, 4) is 0 Å². The third kappa shape index (κ3) is 3.60. The van der Waals surface area contributed by atoms with E-state index < -0.39 is 0 Å². The minimum absolute atomic E-state index is 0.0204. The van der Waals surface area contributed by atoms with Crippen molar-refractivity contribution in [3.63, 3.8) is 0 Å². The summed E-state index contributed by atoms with van der Waals surface area (Å²) in [5, 5.41) is 3.18. The second-order valence-corrected chi connectivity index (χ2v) is 11.5. The Morgan fingerprint density at radius 2 is 1.88 bits per heavy atom. The van der Waals surface area contributed by atoms with Crippen LogP contribution in [0.5, 0.6) is 0 Å². The van der Waals surface area contributed by atoms with E-state index in [4.69, 9.17) is 0 Å². The van der Waals surface area contributed by atoms with Gasteiger partial charge in [-0.2, -0.15) is 0 Å². The predicted octanol–water partition coefficient (Wildman–Crippen LogP) is 5.65. The number of urea groups is 1. The predicted molar refractivity (Wildman–Crippen MR) is 127 cm³/mol. The molecule has 1 aromatic carbocycles. The summed E-state index contributed by atoms with van der Waals surface area (Å²) in [6, 6.07) is 8.49. The molecule has 1 N–H and O–H groups in total. The Balaban J connectivity index is 1.37. The zero-order valence-corrected chi connectivity index (χ0v) is 20.0. The Labute approximate surface area is 192 Å². The molecule has 0 aromatic heterocycles. The molecule has 2 saturated carbocycles. The van der Waals surface area contributed by atoms with E-state index >= 15 is 0 Å². The number of nitrogens with one attached hydrogen (secondary N) is 1. The van der Waals surface area contributed by atoms with Crippen LogP contribution >= 0.6 is 0 Å². The summed E-state index contributed by atoms with van der Waals surface area (Å²) in [4.78, 5) is 27.8. The third-order valence-corrected chi connectivity index (χ3v) is 9.55. The van der Waals surface area contributed by atoms with Crippen LogP contribution in [0, 0.1) is 35.5 Å². The van der Waals surface area contributed by atoms with Crippen molar-refractivity contribution in [2.75, 3.05) is 13.1 Å². The topological polar surface area (TPSA) is 49.4 Å². The molecule has 0 radical (unpaired) electrons. The molecule has 1 aromatic rings. The monoisotopic (exact) mass is 434 g/mol. The normalized spacial score (nSPS) is 36.1. The molecule has 3 fully saturated rings. The van der Waals surface area contributed by atoms with E-state index in [2.05, 4.69) is 50.4 Å². The maximum Gasteiger partial charge on any atom is 0.321 e. The summed E-state index contributed by atoms with van der Waals surface area (Å²) in [7, 11) is 0. The zero-order valence-electron chi connectivity index (χ0n) is 20.0. The second-order valence-electron chi connectivity index (χ2n) is 11.5. The molecule has 5 rings (SSSR count). The number of hydrogen-bond acceptors (Lipinski definition) is 2. The summed E-state index contributed by atoms with van der Waals surface area (Å²) in [5.74, 6) is 2.03. The number of nitrogens with zero attached hydrogens (tertiary/aromatic N) is 1. The summed E-state index contributed by atoms with van der Waals surface area (Å²) in [5.41, 5.74) is 3.86. The van der Waals surface area contributed by atoms with Crippen molar-refractivity contribution in [2.24, 2.45) is 28.6 Å². The fourth-order valence-corrected chi connectivity index (χ4v) is 7.65. The van der Waals surface area contributed by atoms with Gasteiger partial charge < -0.3 is 5.32 Å². The lowest BCUT2D eigenvalue weighted by Gasteiger charge is -2.59. The molecular weight excluding hydrogens is 396 g/mol. The van der Waals surface area contributed by atoms with Crippen LogP contribution in [0.2, 0.25) is 0 Å². The van der Waals surface area contributed by atoms with Crippen LogP contribution in [0.3, 0.4) is 0 Å². The molecule has 5 atom stereocenters. The Morgan fingerprint density at radius 3 is 2.66 bits per heavy atom. The van der Waals surface area contributed by atoms with Gasteiger partial charge in [0.1, 0.15) is 0 Å². The van der Waals surface area contributed by atoms with Crippen molar-refractivity contribution in [1.82, 2.24) is 10.2 Å². The van der Waals surface area contributed by atoms with Crippen molar-refractivity contribution in [2.45, 2.75) is 72.1 Å². The lowest BCUT2D eigenvalue weighted by molar-refractivity contribution is -0.118. The number of allylic oxidation sites excluding steroid dienone is 2. The van der Waals surface area contributed by atoms with Crippen LogP contribution in [0.4, 0.5) is 4.79 Å². The number of likely N-dealkylation sites (tertiary alicyclic amines) is 1. The molecule has 0 spiro atoms. The van der Waals surface area contributed by atoms with Gasteiger partial charge in [0.2, 0.25) is 0 Å². The smallest absolute Gasteiger partial charge is 0.321 e. The number of amides is 2. The van der Waals surface area contributed by atoms with Gasteiger partial charge >= 0.3 is 6.03 Å². The number of carbonyl (C=O) groups is 2. The molecule has 3 aliphatic carbocycles. The molecule has 1 aliphatic heterocycles. The van der Waals surface area contributed by atoms with E-state index in [1.165, 1.54) is 43.2 Å². The number of rotatable bonds is 3. The number of fused-ring (bicyclic) bond motifs is 5. The largest absolute Gasteiger partial charge is 0.337 e. The Bertz CT molecular complexity index is 935. The highest BCUT2D eigenvalue weighted by Gasteiger charge is 2.58. The van der Waals surface area contributed by atoms with Gasteiger partial charge in [0.05, 0.1) is 0 Å². The fourth-order valence-electron chi connectivity index (χ4n) is 7.65. The van der Waals surface area contributed by atoms with Gasteiger partial charge in [-0.05, 0) is 74.2 Å². The maximum absolute atomic E-state index is 13.5. The molecule has 4 aliphatic rings. The molecule has 32 heavy (non-hydrogen) atoms. The highest BCUT2D eigenvalue weighted by atomic mass is 16.2. The average molecular weight is 435 g/mol. The van der Waals surface area contributed by atoms with Crippen LogP contribution in [0.25, 0.3) is 0 Å². The summed E-state index contributed by atoms with van der Waals surface area (Å²) >= 11 is 0. The number of benzene rings is 1. The second kappa shape index (κ2) is 8.04. The van der Waals surface area contributed by atoms with Crippen molar-refractivity contribution in [3.05, 3.63) is 47.2 Å². The molecule has 0 unspecified atom stereocenters. The Kier molecular flexibility index (Phi) is 5.46. The number of piperidine rings is 1. The summed E-state index contributed by atoms with van der Waals surface area (Å²) in [6.45, 7) is 8.31. The minimum Gasteiger partial charge on any atom is -0.337 e. The zero-order chi connectivity index (χ0) is 22.5. The van der Waals surface area contributed by atoms with Gasteiger partial charge in [-0.1, -0.05) is 50.1 Å². The number of carbonyl (C=O) groups excluding carboxylic acids is 2. The molecule has 1 saturated heterocycles. The summed E-state index contributed by atoms with van der Waals surface area (Å²) < 4.78 is 0. The van der Waals surface area contributed by atoms with Gasteiger partial charge in [-0.3, -0.25) is 9.69 Å². The van der Waals surface area contributed by atoms with E-state index in [0.29, 0.717) is 36.1 Å². The van der Waals surface area contributed by atoms with E-state index in [-0.39, 0.29) is 17.2 Å². The highest BCUT2D eigenvalue weighted by molar-refractivity contribution is 5.92. The third-order valence-electron chi connectivity index (χ3n) is 9.55. The Hall–Kier alpha value is -2.10. The van der Waals surface area contributed by atoms with Crippen LogP contribution in [0.15, 0.2) is 36.0 Å². The van der Waals surface area contributed by atoms with Crippen LogP contribution in [-0.4, -0.2) is 29.8 Å². The van der Waals surface area contributed by atoms with E-state index in [9.17, 15) is 9.59 Å². The fraction of sp³-hybridized carbons (Fsp3) is 0.643. The molecule has 4 nitrogen and oxygen atoms in total. The van der Waals surface area contributed by atoms with Crippen molar-refractivity contribution in [1.29, 1.82) is 0 Å². The van der Waals surface area contributed by atoms with Crippen LogP contribution in [0.1, 0.15) is 69.9 Å². The first-order valence-electron chi connectivity index (χ1n) is 12.7. The molecule has 4 heteroatoms.